The molecule has 1 saturated heterocycles. The Balaban J connectivity index is 2.25. The molecule has 1 aliphatic rings. The lowest BCUT2D eigenvalue weighted by atomic mass is 10.2. The maximum absolute atomic E-state index is 13.7. The number of benzene rings is 1. The van der Waals surface area contributed by atoms with Gasteiger partial charge >= 0.3 is 0 Å². The number of hydrogen-bond donors (Lipinski definition) is 1. The molecule has 0 bridgehead atoms. The van der Waals surface area contributed by atoms with Crippen molar-refractivity contribution in [3.8, 4) is 0 Å². The van der Waals surface area contributed by atoms with Gasteiger partial charge in [-0.2, -0.15) is 0 Å². The van der Waals surface area contributed by atoms with Gasteiger partial charge in [0.15, 0.2) is 0 Å². The molecule has 2 atom stereocenters. The number of carbonyl (C=O) groups is 1. The number of β-amino-alcohol motifs (C(OH)–C–C–N with tert-alkyl or cyclic N) is 1. The third-order valence-electron chi connectivity index (χ3n) is 2.60. The number of aliphatic hydroxyl groups is 1. The summed E-state index contributed by atoms with van der Waals surface area (Å²) in [5.74, 6) is -0.0226. The first-order chi connectivity index (χ1) is 8.09. The van der Waals surface area contributed by atoms with Crippen molar-refractivity contribution in [2.24, 2.45) is 0 Å². The Morgan fingerprint density at radius 2 is 2.29 bits per heavy atom. The highest BCUT2D eigenvalue weighted by Crippen LogP contribution is 2.39. The molecular weight excluding hydrogens is 241 g/mol. The summed E-state index contributed by atoms with van der Waals surface area (Å²) in [4.78, 5) is 13.2. The zero-order valence-corrected chi connectivity index (χ0v) is 10.3. The van der Waals surface area contributed by atoms with Crippen LogP contribution in [-0.4, -0.2) is 34.3 Å². The van der Waals surface area contributed by atoms with Crippen LogP contribution in [0.15, 0.2) is 24.3 Å². The molecular formula is C12H14FNO2S. The standard InChI is InChI=1S/C12H14FNO2S/c1-8(15)6-14-11(16)7-17-12(14)9-4-2-3-5-10(9)13/h2-5,8,12,15H,6-7H2,1H3. The Hall–Kier alpha value is -1.07. The van der Waals surface area contributed by atoms with E-state index in [1.807, 2.05) is 0 Å². The highest BCUT2D eigenvalue weighted by molar-refractivity contribution is 8.00. The van der Waals surface area contributed by atoms with Gasteiger partial charge in [0, 0.05) is 12.1 Å². The number of nitrogens with zero attached hydrogens (tertiary/aromatic N) is 1. The van der Waals surface area contributed by atoms with E-state index in [0.29, 0.717) is 11.3 Å². The Bertz CT molecular complexity index is 425. The van der Waals surface area contributed by atoms with Gasteiger partial charge < -0.3 is 10.0 Å². The van der Waals surface area contributed by atoms with Crippen LogP contribution in [-0.2, 0) is 4.79 Å². The van der Waals surface area contributed by atoms with Gasteiger partial charge in [0.1, 0.15) is 11.2 Å². The summed E-state index contributed by atoms with van der Waals surface area (Å²) in [6.45, 7) is 1.86. The SMILES string of the molecule is CC(O)CN1C(=O)CSC1c1ccccc1F. The van der Waals surface area contributed by atoms with Crippen molar-refractivity contribution in [2.75, 3.05) is 12.3 Å². The van der Waals surface area contributed by atoms with Gasteiger partial charge in [0.2, 0.25) is 5.91 Å². The zero-order valence-electron chi connectivity index (χ0n) is 9.47. The molecule has 92 valence electrons. The van der Waals surface area contributed by atoms with Crippen LogP contribution in [0.25, 0.3) is 0 Å². The maximum Gasteiger partial charge on any atom is 0.233 e. The second-order valence-electron chi connectivity index (χ2n) is 4.08. The predicted octanol–water partition coefficient (Wildman–Crippen LogP) is 1.78. The first-order valence-corrected chi connectivity index (χ1v) is 6.48. The molecule has 1 aromatic rings. The van der Waals surface area contributed by atoms with E-state index in [9.17, 15) is 14.3 Å². The predicted molar refractivity (Wildman–Crippen MR) is 65.0 cm³/mol. The van der Waals surface area contributed by atoms with Crippen LogP contribution in [0.1, 0.15) is 17.9 Å². The summed E-state index contributed by atoms with van der Waals surface area (Å²) >= 11 is 1.39. The van der Waals surface area contributed by atoms with E-state index in [4.69, 9.17) is 0 Å². The molecule has 0 saturated carbocycles. The second kappa shape index (κ2) is 5.06. The van der Waals surface area contributed by atoms with Crippen LogP contribution in [0.3, 0.4) is 0 Å². The van der Waals surface area contributed by atoms with E-state index in [-0.39, 0.29) is 23.6 Å². The fourth-order valence-corrected chi connectivity index (χ4v) is 3.09. The van der Waals surface area contributed by atoms with Crippen molar-refractivity contribution in [1.29, 1.82) is 0 Å². The van der Waals surface area contributed by atoms with E-state index in [2.05, 4.69) is 0 Å². The average molecular weight is 255 g/mol. The van der Waals surface area contributed by atoms with Gasteiger partial charge in [-0.05, 0) is 13.0 Å². The van der Waals surface area contributed by atoms with E-state index >= 15 is 0 Å². The van der Waals surface area contributed by atoms with Crippen molar-refractivity contribution < 1.29 is 14.3 Å². The molecule has 3 nitrogen and oxygen atoms in total. The molecule has 2 rings (SSSR count). The topological polar surface area (TPSA) is 40.5 Å². The lowest BCUT2D eigenvalue weighted by Crippen LogP contribution is -2.34. The molecule has 1 heterocycles. The summed E-state index contributed by atoms with van der Waals surface area (Å²) in [7, 11) is 0. The first kappa shape index (κ1) is 12.4. The van der Waals surface area contributed by atoms with Crippen molar-refractivity contribution in [2.45, 2.75) is 18.4 Å². The molecule has 1 N–H and O–H groups in total. The fraction of sp³-hybridized carbons (Fsp3) is 0.417. The number of thioether (sulfide) groups is 1. The third kappa shape index (κ3) is 2.61. The largest absolute Gasteiger partial charge is 0.392 e. The minimum atomic E-state index is -0.605. The molecule has 17 heavy (non-hydrogen) atoms. The molecule has 1 amide bonds. The Kier molecular flexibility index (Phi) is 3.69. The molecule has 1 aliphatic heterocycles. The highest BCUT2D eigenvalue weighted by atomic mass is 32.2. The Morgan fingerprint density at radius 3 is 2.94 bits per heavy atom. The molecule has 1 aromatic carbocycles. The van der Waals surface area contributed by atoms with Crippen molar-refractivity contribution in [1.82, 2.24) is 4.90 Å². The Labute approximate surface area is 104 Å². The number of hydrogen-bond acceptors (Lipinski definition) is 3. The van der Waals surface area contributed by atoms with E-state index in [1.54, 1.807) is 25.1 Å². The summed E-state index contributed by atoms with van der Waals surface area (Å²) in [6.07, 6.45) is -0.605. The van der Waals surface area contributed by atoms with Crippen molar-refractivity contribution in [3.63, 3.8) is 0 Å². The van der Waals surface area contributed by atoms with Gasteiger partial charge in [0.05, 0.1) is 11.9 Å². The smallest absolute Gasteiger partial charge is 0.233 e. The molecule has 0 aromatic heterocycles. The van der Waals surface area contributed by atoms with Crippen LogP contribution in [0.5, 0.6) is 0 Å². The van der Waals surface area contributed by atoms with Gasteiger partial charge in [0.25, 0.3) is 0 Å². The quantitative estimate of drug-likeness (QED) is 0.895. The van der Waals surface area contributed by atoms with Gasteiger partial charge in [-0.3, -0.25) is 4.79 Å². The maximum atomic E-state index is 13.7. The van der Waals surface area contributed by atoms with Gasteiger partial charge in [-0.1, -0.05) is 18.2 Å². The van der Waals surface area contributed by atoms with Crippen LogP contribution in [0, 0.1) is 5.82 Å². The van der Waals surface area contributed by atoms with E-state index < -0.39 is 6.10 Å². The summed E-state index contributed by atoms with van der Waals surface area (Å²) in [5, 5.41) is 9.05. The normalized spacial score (nSPS) is 21.9. The lowest BCUT2D eigenvalue weighted by Gasteiger charge is -2.25. The molecule has 0 spiro atoms. The van der Waals surface area contributed by atoms with Crippen LogP contribution in [0.4, 0.5) is 4.39 Å². The van der Waals surface area contributed by atoms with Crippen LogP contribution in [0.2, 0.25) is 0 Å². The Morgan fingerprint density at radius 1 is 1.59 bits per heavy atom. The van der Waals surface area contributed by atoms with E-state index in [0.717, 1.165) is 0 Å². The monoisotopic (exact) mass is 255 g/mol. The van der Waals surface area contributed by atoms with Crippen LogP contribution >= 0.6 is 11.8 Å². The minimum absolute atomic E-state index is 0.0517. The lowest BCUT2D eigenvalue weighted by molar-refractivity contribution is -0.129. The van der Waals surface area contributed by atoms with Crippen molar-refractivity contribution in [3.05, 3.63) is 35.6 Å². The molecule has 0 radical (unpaired) electrons. The van der Waals surface area contributed by atoms with Crippen LogP contribution < -0.4 is 0 Å². The average Bonchev–Trinajstić information content (AvgIpc) is 2.61. The summed E-state index contributed by atoms with van der Waals surface area (Å²) < 4.78 is 13.7. The summed E-state index contributed by atoms with van der Waals surface area (Å²) in [6, 6.07) is 6.45. The molecule has 5 heteroatoms. The van der Waals surface area contributed by atoms with Crippen molar-refractivity contribution >= 4 is 17.7 Å². The molecule has 0 aliphatic carbocycles. The first-order valence-electron chi connectivity index (χ1n) is 5.43. The number of carbonyl (C=O) groups excluding carboxylic acids is 1. The second-order valence-corrected chi connectivity index (χ2v) is 5.15. The zero-order chi connectivity index (χ0) is 12.4. The number of halogens is 1. The van der Waals surface area contributed by atoms with Gasteiger partial charge in [-0.15, -0.1) is 11.8 Å². The number of amides is 1. The number of rotatable bonds is 3. The van der Waals surface area contributed by atoms with E-state index in [1.165, 1.54) is 22.7 Å². The minimum Gasteiger partial charge on any atom is -0.392 e. The fourth-order valence-electron chi connectivity index (χ4n) is 1.87. The molecule has 2 unspecified atom stereocenters. The third-order valence-corrected chi connectivity index (χ3v) is 3.84. The van der Waals surface area contributed by atoms with Gasteiger partial charge in [-0.25, -0.2) is 4.39 Å². The highest BCUT2D eigenvalue weighted by Gasteiger charge is 2.34. The molecule has 1 fully saturated rings. The number of aliphatic hydroxyl groups excluding tert-OH is 1. The summed E-state index contributed by atoms with van der Waals surface area (Å²) in [5.41, 5.74) is 0.504.